The van der Waals surface area contributed by atoms with Crippen LogP contribution in [0, 0.1) is 6.92 Å². The van der Waals surface area contributed by atoms with E-state index in [1.165, 1.54) is 11.3 Å². The number of nitrogen functional groups attached to an aromatic ring is 1. The highest BCUT2D eigenvalue weighted by Gasteiger charge is 2.25. The van der Waals surface area contributed by atoms with Crippen molar-refractivity contribution in [2.75, 3.05) is 18.9 Å². The fourth-order valence-corrected chi connectivity index (χ4v) is 1.91. The highest BCUT2D eigenvalue weighted by Crippen LogP contribution is 2.23. The van der Waals surface area contributed by atoms with Crippen molar-refractivity contribution in [3.8, 4) is 0 Å². The van der Waals surface area contributed by atoms with E-state index in [0.29, 0.717) is 10.6 Å². The molecule has 0 aliphatic carbocycles. The van der Waals surface area contributed by atoms with Gasteiger partial charge in [-0.15, -0.1) is 11.3 Å². The van der Waals surface area contributed by atoms with E-state index in [1.807, 2.05) is 6.92 Å². The van der Waals surface area contributed by atoms with Crippen LogP contribution in [0.1, 0.15) is 21.5 Å². The second-order valence-corrected chi connectivity index (χ2v) is 5.21. The second-order valence-electron chi connectivity index (χ2n) is 3.95. The van der Waals surface area contributed by atoms with E-state index in [9.17, 15) is 4.79 Å². The molecule has 0 saturated carbocycles. The Morgan fingerprint density at radius 2 is 2.12 bits per heavy atom. The number of rotatable bonds is 4. The van der Waals surface area contributed by atoms with Crippen LogP contribution in [-0.2, 0) is 0 Å². The highest BCUT2D eigenvalue weighted by molar-refractivity contribution is 7.14. The number of carbonyl (C=O) groups is 1. The molecule has 5 N–H and O–H groups in total. The maximum Gasteiger partial charge on any atom is 0.262 e. The molecule has 0 radical (unpaired) electrons. The number of aliphatic hydroxyl groups is 2. The molecule has 1 rings (SSSR count). The average molecular weight is 244 g/mol. The lowest BCUT2D eigenvalue weighted by Crippen LogP contribution is -2.51. The van der Waals surface area contributed by atoms with Crippen LogP contribution in [0.5, 0.6) is 0 Å². The van der Waals surface area contributed by atoms with E-state index in [2.05, 4.69) is 5.32 Å². The number of hydrogen-bond acceptors (Lipinski definition) is 5. The van der Waals surface area contributed by atoms with Gasteiger partial charge in [0.25, 0.3) is 5.91 Å². The molecular weight excluding hydrogens is 228 g/mol. The molecule has 16 heavy (non-hydrogen) atoms. The minimum absolute atomic E-state index is 0.324. The fraction of sp³-hybridized carbons (Fsp3) is 0.500. The maximum absolute atomic E-state index is 11.8. The number of amides is 1. The highest BCUT2D eigenvalue weighted by atomic mass is 32.1. The first-order valence-corrected chi connectivity index (χ1v) is 5.63. The first-order chi connectivity index (χ1) is 7.41. The number of hydrogen-bond donors (Lipinski definition) is 4. The van der Waals surface area contributed by atoms with Crippen LogP contribution in [0.2, 0.25) is 0 Å². The summed E-state index contributed by atoms with van der Waals surface area (Å²) in [6.07, 6.45) is 0. The van der Waals surface area contributed by atoms with Crippen molar-refractivity contribution >= 4 is 22.9 Å². The Bertz CT molecular complexity index is 366. The standard InChI is InChI=1S/C10H16N2O3S/c1-6-7(11)3-8(16-6)9(15)12-10(2,4-13)5-14/h3,13-14H,4-5,11H2,1-2H3,(H,12,15). The van der Waals surface area contributed by atoms with Gasteiger partial charge in [0, 0.05) is 10.6 Å². The van der Waals surface area contributed by atoms with Gasteiger partial charge in [0.15, 0.2) is 0 Å². The SMILES string of the molecule is Cc1sc(C(=O)NC(C)(CO)CO)cc1N. The van der Waals surface area contributed by atoms with Gasteiger partial charge in [-0.25, -0.2) is 0 Å². The van der Waals surface area contributed by atoms with Crippen molar-refractivity contribution < 1.29 is 15.0 Å². The predicted octanol–water partition coefficient (Wildman–Crippen LogP) is 0.112. The summed E-state index contributed by atoms with van der Waals surface area (Å²) in [5.74, 6) is -0.338. The van der Waals surface area contributed by atoms with Crippen molar-refractivity contribution in [1.82, 2.24) is 5.32 Å². The average Bonchev–Trinajstić information content (AvgIpc) is 2.59. The quantitative estimate of drug-likeness (QED) is 0.604. The Hall–Kier alpha value is -1.11. The summed E-state index contributed by atoms with van der Waals surface area (Å²) in [4.78, 5) is 13.1. The number of carbonyl (C=O) groups excluding carboxylic acids is 1. The molecule has 0 spiro atoms. The van der Waals surface area contributed by atoms with Gasteiger partial charge in [-0.1, -0.05) is 0 Å². The lowest BCUT2D eigenvalue weighted by molar-refractivity contribution is 0.0727. The molecule has 0 bridgehead atoms. The van der Waals surface area contributed by atoms with Gasteiger partial charge in [-0.3, -0.25) is 4.79 Å². The van der Waals surface area contributed by atoms with Crippen LogP contribution in [-0.4, -0.2) is 34.9 Å². The van der Waals surface area contributed by atoms with Crippen molar-refractivity contribution in [3.05, 3.63) is 15.8 Å². The monoisotopic (exact) mass is 244 g/mol. The van der Waals surface area contributed by atoms with Crippen LogP contribution in [0.25, 0.3) is 0 Å². The molecule has 0 fully saturated rings. The van der Waals surface area contributed by atoms with E-state index in [1.54, 1.807) is 13.0 Å². The van der Waals surface area contributed by atoms with E-state index in [0.717, 1.165) is 4.88 Å². The molecule has 1 aromatic heterocycles. The molecule has 0 unspecified atom stereocenters. The van der Waals surface area contributed by atoms with Crippen molar-refractivity contribution in [2.45, 2.75) is 19.4 Å². The van der Waals surface area contributed by atoms with E-state index < -0.39 is 5.54 Å². The molecule has 1 heterocycles. The molecule has 1 aromatic rings. The molecule has 0 aliphatic rings. The molecule has 1 amide bonds. The molecule has 0 atom stereocenters. The summed E-state index contributed by atoms with van der Waals surface area (Å²) >= 11 is 1.28. The number of aliphatic hydroxyl groups excluding tert-OH is 2. The van der Waals surface area contributed by atoms with Gasteiger partial charge < -0.3 is 21.3 Å². The Morgan fingerprint density at radius 1 is 1.56 bits per heavy atom. The smallest absolute Gasteiger partial charge is 0.262 e. The van der Waals surface area contributed by atoms with Gasteiger partial charge in [-0.2, -0.15) is 0 Å². The van der Waals surface area contributed by atoms with E-state index in [4.69, 9.17) is 15.9 Å². The van der Waals surface area contributed by atoms with Crippen LogP contribution in [0.4, 0.5) is 5.69 Å². The Kier molecular flexibility index (Phi) is 3.90. The minimum Gasteiger partial charge on any atom is -0.398 e. The summed E-state index contributed by atoms with van der Waals surface area (Å²) < 4.78 is 0. The zero-order valence-corrected chi connectivity index (χ0v) is 10.1. The first-order valence-electron chi connectivity index (χ1n) is 4.82. The zero-order valence-electron chi connectivity index (χ0n) is 9.28. The van der Waals surface area contributed by atoms with Gasteiger partial charge >= 0.3 is 0 Å². The van der Waals surface area contributed by atoms with Gasteiger partial charge in [0.2, 0.25) is 0 Å². The van der Waals surface area contributed by atoms with E-state index in [-0.39, 0.29) is 19.1 Å². The van der Waals surface area contributed by atoms with Crippen LogP contribution in [0.3, 0.4) is 0 Å². The molecule has 90 valence electrons. The maximum atomic E-state index is 11.8. The third kappa shape index (κ3) is 2.72. The lowest BCUT2D eigenvalue weighted by Gasteiger charge is -2.25. The first kappa shape index (κ1) is 13.0. The number of thiophene rings is 1. The Morgan fingerprint density at radius 3 is 2.50 bits per heavy atom. The Balaban J connectivity index is 2.80. The third-order valence-corrected chi connectivity index (χ3v) is 3.36. The molecule has 5 nitrogen and oxygen atoms in total. The second kappa shape index (κ2) is 4.82. The van der Waals surface area contributed by atoms with Gasteiger partial charge in [-0.05, 0) is 19.9 Å². The summed E-state index contributed by atoms with van der Waals surface area (Å²) in [5, 5.41) is 20.7. The zero-order chi connectivity index (χ0) is 12.3. The Labute approximate surface area is 97.9 Å². The molecule has 0 saturated heterocycles. The number of nitrogens with two attached hydrogens (primary N) is 1. The lowest BCUT2D eigenvalue weighted by atomic mass is 10.1. The predicted molar refractivity (Wildman–Crippen MR) is 63.5 cm³/mol. The van der Waals surface area contributed by atoms with Gasteiger partial charge in [0.05, 0.1) is 23.6 Å². The van der Waals surface area contributed by atoms with E-state index >= 15 is 0 Å². The number of anilines is 1. The summed E-state index contributed by atoms with van der Waals surface area (Å²) in [6.45, 7) is 2.74. The molecule has 6 heteroatoms. The largest absolute Gasteiger partial charge is 0.398 e. The topological polar surface area (TPSA) is 95.6 Å². The summed E-state index contributed by atoms with van der Waals surface area (Å²) in [7, 11) is 0. The molecule has 0 aromatic carbocycles. The van der Waals surface area contributed by atoms with Crippen molar-refractivity contribution in [2.24, 2.45) is 0 Å². The molecule has 0 aliphatic heterocycles. The summed E-state index contributed by atoms with van der Waals surface area (Å²) in [5.41, 5.74) is 5.20. The van der Waals surface area contributed by atoms with Crippen molar-refractivity contribution in [1.29, 1.82) is 0 Å². The normalized spacial score (nSPS) is 11.5. The van der Waals surface area contributed by atoms with Crippen LogP contribution >= 0.6 is 11.3 Å². The summed E-state index contributed by atoms with van der Waals surface area (Å²) in [6, 6.07) is 1.59. The third-order valence-electron chi connectivity index (χ3n) is 2.29. The van der Waals surface area contributed by atoms with Crippen LogP contribution in [0.15, 0.2) is 6.07 Å². The van der Waals surface area contributed by atoms with Crippen molar-refractivity contribution in [3.63, 3.8) is 0 Å². The van der Waals surface area contributed by atoms with Crippen LogP contribution < -0.4 is 11.1 Å². The van der Waals surface area contributed by atoms with Gasteiger partial charge in [0.1, 0.15) is 0 Å². The number of aryl methyl sites for hydroxylation is 1. The molecular formula is C10H16N2O3S. The number of nitrogens with one attached hydrogen (secondary N) is 1. The minimum atomic E-state index is -1.01. The fourth-order valence-electron chi connectivity index (χ4n) is 1.07.